The normalized spacial score (nSPS) is 31.9. The predicted molar refractivity (Wildman–Crippen MR) is 71.3 cm³/mol. The van der Waals surface area contributed by atoms with Gasteiger partial charge in [0.15, 0.2) is 0 Å². The summed E-state index contributed by atoms with van der Waals surface area (Å²) < 4.78 is 0. The molecule has 0 nitrogen and oxygen atoms in total. The predicted octanol–water partition coefficient (Wildman–Crippen LogP) is 4.04. The summed E-state index contributed by atoms with van der Waals surface area (Å²) in [6.07, 6.45) is 20.4. The van der Waals surface area contributed by atoms with E-state index in [1.165, 1.54) is 27.9 Å². The molecular formula is C17H14. The molecule has 0 heteroatoms. The molecule has 0 aromatic heterocycles. The zero-order valence-corrected chi connectivity index (χ0v) is 9.85. The molecule has 0 fully saturated rings. The van der Waals surface area contributed by atoms with Crippen LogP contribution in [0.2, 0.25) is 0 Å². The Bertz CT molecular complexity index is 612. The van der Waals surface area contributed by atoms with E-state index >= 15 is 0 Å². The van der Waals surface area contributed by atoms with Gasteiger partial charge in [0.05, 0.1) is 0 Å². The third-order valence-corrected chi connectivity index (χ3v) is 4.12. The molecule has 0 spiro atoms. The van der Waals surface area contributed by atoms with Gasteiger partial charge in [0, 0.05) is 5.92 Å². The highest BCUT2D eigenvalue weighted by Crippen LogP contribution is 2.47. The van der Waals surface area contributed by atoms with Crippen molar-refractivity contribution in [3.63, 3.8) is 0 Å². The Kier molecular flexibility index (Phi) is 1.69. The van der Waals surface area contributed by atoms with E-state index in [2.05, 4.69) is 61.6 Å². The Morgan fingerprint density at radius 3 is 2.71 bits per heavy atom. The number of rotatable bonds is 0. The second-order valence-electron chi connectivity index (χ2n) is 5.10. The number of hydrogen-bond acceptors (Lipinski definition) is 0. The maximum absolute atomic E-state index is 2.31. The molecule has 0 bridgehead atoms. The fraction of sp³-hybridized carbons (Fsp3) is 0.176. The molecule has 4 aliphatic carbocycles. The molecule has 4 aliphatic rings. The van der Waals surface area contributed by atoms with Gasteiger partial charge in [-0.15, -0.1) is 0 Å². The molecule has 0 amide bonds. The molecule has 0 aliphatic heterocycles. The molecule has 17 heavy (non-hydrogen) atoms. The van der Waals surface area contributed by atoms with Crippen molar-refractivity contribution in [2.75, 3.05) is 0 Å². The van der Waals surface area contributed by atoms with Crippen LogP contribution in [0.1, 0.15) is 6.92 Å². The van der Waals surface area contributed by atoms with Gasteiger partial charge in [-0.25, -0.2) is 0 Å². The van der Waals surface area contributed by atoms with Crippen LogP contribution < -0.4 is 0 Å². The molecule has 2 atom stereocenters. The van der Waals surface area contributed by atoms with Crippen LogP contribution in [0.3, 0.4) is 0 Å². The second kappa shape index (κ2) is 3.10. The summed E-state index contributed by atoms with van der Waals surface area (Å²) in [5, 5.41) is 0. The second-order valence-corrected chi connectivity index (χ2v) is 5.10. The van der Waals surface area contributed by atoms with Crippen LogP contribution in [-0.4, -0.2) is 0 Å². The first kappa shape index (κ1) is 9.23. The SMILES string of the molecule is CC1C=CC2=CC=C3C=CC=C4C=CC1=C2C43. The van der Waals surface area contributed by atoms with Gasteiger partial charge in [-0.2, -0.15) is 0 Å². The minimum Gasteiger partial charge on any atom is -0.0767 e. The van der Waals surface area contributed by atoms with E-state index < -0.39 is 0 Å². The molecule has 0 N–H and O–H groups in total. The largest absolute Gasteiger partial charge is 0.0767 e. The van der Waals surface area contributed by atoms with Crippen molar-refractivity contribution >= 4 is 0 Å². The van der Waals surface area contributed by atoms with Gasteiger partial charge in [0.2, 0.25) is 0 Å². The van der Waals surface area contributed by atoms with Crippen molar-refractivity contribution in [2.24, 2.45) is 11.8 Å². The lowest BCUT2D eigenvalue weighted by Crippen LogP contribution is -2.22. The average Bonchev–Trinajstić information content (AvgIpc) is 2.38. The summed E-state index contributed by atoms with van der Waals surface area (Å²) in [4.78, 5) is 0. The van der Waals surface area contributed by atoms with Crippen LogP contribution >= 0.6 is 0 Å². The van der Waals surface area contributed by atoms with E-state index in [9.17, 15) is 0 Å². The van der Waals surface area contributed by atoms with Gasteiger partial charge in [0.25, 0.3) is 0 Å². The lowest BCUT2D eigenvalue weighted by Gasteiger charge is -2.36. The van der Waals surface area contributed by atoms with E-state index in [0.29, 0.717) is 11.8 Å². The minimum absolute atomic E-state index is 0.493. The van der Waals surface area contributed by atoms with Crippen LogP contribution in [0.25, 0.3) is 0 Å². The quantitative estimate of drug-likeness (QED) is 0.575. The molecule has 2 unspecified atom stereocenters. The van der Waals surface area contributed by atoms with Gasteiger partial charge in [0.1, 0.15) is 0 Å². The van der Waals surface area contributed by atoms with Crippen LogP contribution in [0, 0.1) is 11.8 Å². The maximum Gasteiger partial charge on any atom is 0.0348 e. The van der Waals surface area contributed by atoms with Gasteiger partial charge < -0.3 is 0 Å². The Labute approximate surface area is 102 Å². The molecule has 0 saturated heterocycles. The molecule has 0 aromatic carbocycles. The first-order valence-electron chi connectivity index (χ1n) is 6.25. The third kappa shape index (κ3) is 1.13. The van der Waals surface area contributed by atoms with E-state index in [1.807, 2.05) is 0 Å². The molecule has 0 aromatic rings. The highest BCUT2D eigenvalue weighted by Gasteiger charge is 2.33. The Hall–Kier alpha value is -1.82. The average molecular weight is 218 g/mol. The van der Waals surface area contributed by atoms with Crippen LogP contribution in [0.4, 0.5) is 0 Å². The summed E-state index contributed by atoms with van der Waals surface area (Å²) in [6, 6.07) is 0. The first-order valence-corrected chi connectivity index (χ1v) is 6.25. The monoisotopic (exact) mass is 218 g/mol. The van der Waals surface area contributed by atoms with Crippen LogP contribution in [0.5, 0.6) is 0 Å². The molecule has 4 rings (SSSR count). The van der Waals surface area contributed by atoms with E-state index in [-0.39, 0.29) is 0 Å². The lowest BCUT2D eigenvalue weighted by molar-refractivity contribution is 0.774. The Balaban J connectivity index is 2.03. The fourth-order valence-electron chi connectivity index (χ4n) is 3.24. The van der Waals surface area contributed by atoms with Gasteiger partial charge in [-0.3, -0.25) is 0 Å². The standard InChI is InChI=1S/C17H14/c1-11-5-6-14-8-7-12-3-2-4-13-9-10-15(11)17(14)16(12)13/h2-11,16H,1H3. The van der Waals surface area contributed by atoms with Crippen molar-refractivity contribution in [2.45, 2.75) is 6.92 Å². The van der Waals surface area contributed by atoms with Crippen molar-refractivity contribution in [1.29, 1.82) is 0 Å². The van der Waals surface area contributed by atoms with Crippen molar-refractivity contribution < 1.29 is 0 Å². The molecular weight excluding hydrogens is 204 g/mol. The van der Waals surface area contributed by atoms with Gasteiger partial charge in [-0.1, -0.05) is 61.6 Å². The molecule has 0 heterocycles. The number of hydrogen-bond donors (Lipinski definition) is 0. The summed E-state index contributed by atoms with van der Waals surface area (Å²) in [6.45, 7) is 2.28. The van der Waals surface area contributed by atoms with Crippen molar-refractivity contribution in [1.82, 2.24) is 0 Å². The van der Waals surface area contributed by atoms with E-state index in [0.717, 1.165) is 0 Å². The zero-order chi connectivity index (χ0) is 11.4. The van der Waals surface area contributed by atoms with E-state index in [1.54, 1.807) is 0 Å². The lowest BCUT2D eigenvalue weighted by atomic mass is 9.67. The molecule has 0 radical (unpaired) electrons. The third-order valence-electron chi connectivity index (χ3n) is 4.12. The maximum atomic E-state index is 2.31. The summed E-state index contributed by atoms with van der Waals surface area (Å²) in [5.41, 5.74) is 7.31. The Morgan fingerprint density at radius 1 is 0.882 bits per heavy atom. The van der Waals surface area contributed by atoms with Crippen molar-refractivity contribution in [3.05, 3.63) is 82.5 Å². The minimum atomic E-state index is 0.493. The zero-order valence-electron chi connectivity index (χ0n) is 9.85. The number of allylic oxidation sites excluding steroid dienone is 14. The Morgan fingerprint density at radius 2 is 1.76 bits per heavy atom. The van der Waals surface area contributed by atoms with Gasteiger partial charge in [-0.05, 0) is 33.8 Å². The molecule has 0 saturated carbocycles. The highest BCUT2D eigenvalue weighted by molar-refractivity contribution is 5.67. The molecule has 82 valence electrons. The summed E-state index contributed by atoms with van der Waals surface area (Å²) >= 11 is 0. The smallest absolute Gasteiger partial charge is 0.0348 e. The van der Waals surface area contributed by atoms with Crippen LogP contribution in [-0.2, 0) is 0 Å². The fourth-order valence-corrected chi connectivity index (χ4v) is 3.24. The van der Waals surface area contributed by atoms with Crippen LogP contribution in [0.15, 0.2) is 82.5 Å². The van der Waals surface area contributed by atoms with Gasteiger partial charge >= 0.3 is 0 Å². The van der Waals surface area contributed by atoms with Crippen molar-refractivity contribution in [3.8, 4) is 0 Å². The summed E-state index contributed by atoms with van der Waals surface area (Å²) in [7, 11) is 0. The highest BCUT2D eigenvalue weighted by atomic mass is 14.4. The topological polar surface area (TPSA) is 0 Å². The summed E-state index contributed by atoms with van der Waals surface area (Å²) in [5.74, 6) is 1.04. The van der Waals surface area contributed by atoms with E-state index in [4.69, 9.17) is 0 Å². The first-order chi connectivity index (χ1) is 8.34.